The molecule has 0 N–H and O–H groups in total. The van der Waals surface area contributed by atoms with Gasteiger partial charge in [-0.25, -0.2) is 0 Å². The number of Topliss-reactive ketones (excluding diaryl/α,β-unsaturated/α-hetero) is 1. The van der Waals surface area contributed by atoms with E-state index in [2.05, 4.69) is 25.8 Å². The standard InChI is InChI=1S/C12H17NO/c1-7(2)8(3)9(4)12-10(5)13-6-11(12)14/h6H2,1-5H3/b12-9+. The van der Waals surface area contributed by atoms with Crippen LogP contribution in [0.3, 0.4) is 0 Å². The van der Waals surface area contributed by atoms with E-state index in [1.807, 2.05) is 13.8 Å². The molecule has 0 saturated heterocycles. The molecule has 1 rings (SSSR count). The molecule has 0 aromatic carbocycles. The Kier molecular flexibility index (Phi) is 3.04. The van der Waals surface area contributed by atoms with E-state index in [-0.39, 0.29) is 5.78 Å². The SMILES string of the molecule is CC1=NCC(=O)/C1=C(\C)C(C)=C(C)C. The third kappa shape index (κ3) is 1.84. The van der Waals surface area contributed by atoms with Crippen molar-refractivity contribution in [3.8, 4) is 0 Å². The fraction of sp³-hybridized carbons (Fsp3) is 0.500. The highest BCUT2D eigenvalue weighted by Gasteiger charge is 2.21. The summed E-state index contributed by atoms with van der Waals surface area (Å²) in [5.74, 6) is 0.153. The molecule has 0 saturated carbocycles. The Morgan fingerprint density at radius 2 is 1.79 bits per heavy atom. The van der Waals surface area contributed by atoms with Gasteiger partial charge in [0, 0.05) is 11.3 Å². The topological polar surface area (TPSA) is 29.4 Å². The Labute approximate surface area is 85.4 Å². The number of ketones is 1. The van der Waals surface area contributed by atoms with Crippen LogP contribution in [0.25, 0.3) is 0 Å². The normalized spacial score (nSPS) is 19.5. The van der Waals surface area contributed by atoms with E-state index in [0.717, 1.165) is 16.9 Å². The molecular weight excluding hydrogens is 174 g/mol. The molecule has 0 atom stereocenters. The number of allylic oxidation sites excluding steroid dienone is 3. The van der Waals surface area contributed by atoms with Crippen molar-refractivity contribution in [2.45, 2.75) is 34.6 Å². The maximum atomic E-state index is 11.6. The average Bonchev–Trinajstić information content (AvgIpc) is 2.44. The molecular formula is C12H17NO. The van der Waals surface area contributed by atoms with Crippen LogP contribution in [0.1, 0.15) is 34.6 Å². The maximum Gasteiger partial charge on any atom is 0.186 e. The van der Waals surface area contributed by atoms with E-state index >= 15 is 0 Å². The summed E-state index contributed by atoms with van der Waals surface area (Å²) in [6, 6.07) is 0. The van der Waals surface area contributed by atoms with Gasteiger partial charge in [0.1, 0.15) is 6.54 Å². The van der Waals surface area contributed by atoms with Gasteiger partial charge in [-0.05, 0) is 45.8 Å². The number of hydrogen-bond donors (Lipinski definition) is 0. The number of rotatable bonds is 1. The summed E-state index contributed by atoms with van der Waals surface area (Å²) in [5.41, 5.74) is 5.23. The Bertz CT molecular complexity index is 366. The van der Waals surface area contributed by atoms with Gasteiger partial charge in [-0.1, -0.05) is 5.57 Å². The van der Waals surface area contributed by atoms with Crippen molar-refractivity contribution in [1.29, 1.82) is 0 Å². The molecule has 0 radical (unpaired) electrons. The summed E-state index contributed by atoms with van der Waals surface area (Å²) >= 11 is 0. The van der Waals surface area contributed by atoms with Crippen LogP contribution in [0.15, 0.2) is 27.3 Å². The summed E-state index contributed by atoms with van der Waals surface area (Å²) in [7, 11) is 0. The monoisotopic (exact) mass is 191 g/mol. The van der Waals surface area contributed by atoms with Crippen molar-refractivity contribution in [3.05, 3.63) is 22.3 Å². The van der Waals surface area contributed by atoms with Gasteiger partial charge in [0.05, 0.1) is 0 Å². The Balaban J connectivity index is 3.24. The summed E-state index contributed by atoms with van der Waals surface area (Å²) in [6.07, 6.45) is 0. The van der Waals surface area contributed by atoms with Crippen molar-refractivity contribution >= 4 is 11.5 Å². The van der Waals surface area contributed by atoms with Gasteiger partial charge in [-0.15, -0.1) is 0 Å². The third-order valence-corrected chi connectivity index (χ3v) is 2.79. The predicted molar refractivity (Wildman–Crippen MR) is 59.7 cm³/mol. The van der Waals surface area contributed by atoms with E-state index in [9.17, 15) is 4.79 Å². The average molecular weight is 191 g/mol. The molecule has 0 unspecified atom stereocenters. The van der Waals surface area contributed by atoms with Gasteiger partial charge in [-0.2, -0.15) is 0 Å². The zero-order chi connectivity index (χ0) is 10.9. The van der Waals surface area contributed by atoms with Gasteiger partial charge in [0.25, 0.3) is 0 Å². The van der Waals surface area contributed by atoms with Crippen LogP contribution < -0.4 is 0 Å². The Morgan fingerprint density at radius 3 is 2.14 bits per heavy atom. The lowest BCUT2D eigenvalue weighted by atomic mass is 9.95. The van der Waals surface area contributed by atoms with Crippen molar-refractivity contribution in [1.82, 2.24) is 0 Å². The minimum Gasteiger partial charge on any atom is -0.292 e. The fourth-order valence-electron chi connectivity index (χ4n) is 1.59. The van der Waals surface area contributed by atoms with Gasteiger partial charge in [0.2, 0.25) is 0 Å². The van der Waals surface area contributed by atoms with E-state index in [1.54, 1.807) is 0 Å². The minimum atomic E-state index is 0.153. The molecule has 1 aliphatic rings. The van der Waals surface area contributed by atoms with Crippen LogP contribution in [0.4, 0.5) is 0 Å². The highest BCUT2D eigenvalue weighted by atomic mass is 16.1. The largest absolute Gasteiger partial charge is 0.292 e. The zero-order valence-electron chi connectivity index (χ0n) is 9.56. The van der Waals surface area contributed by atoms with Crippen LogP contribution in [-0.4, -0.2) is 18.0 Å². The lowest BCUT2D eigenvalue weighted by molar-refractivity contribution is -0.113. The number of carbonyl (C=O) groups is 1. The van der Waals surface area contributed by atoms with E-state index in [0.29, 0.717) is 6.54 Å². The molecule has 2 nitrogen and oxygen atoms in total. The summed E-state index contributed by atoms with van der Waals surface area (Å²) in [4.78, 5) is 15.7. The Morgan fingerprint density at radius 1 is 1.21 bits per heavy atom. The second-order valence-corrected chi connectivity index (χ2v) is 3.95. The first kappa shape index (κ1) is 10.9. The van der Waals surface area contributed by atoms with E-state index < -0.39 is 0 Å². The summed E-state index contributed by atoms with van der Waals surface area (Å²) in [5, 5.41) is 0. The smallest absolute Gasteiger partial charge is 0.186 e. The highest BCUT2D eigenvalue weighted by molar-refractivity contribution is 6.26. The second kappa shape index (κ2) is 3.91. The number of hydrogen-bond acceptors (Lipinski definition) is 2. The first-order valence-corrected chi connectivity index (χ1v) is 4.85. The minimum absolute atomic E-state index is 0.153. The van der Waals surface area contributed by atoms with E-state index in [4.69, 9.17) is 0 Å². The van der Waals surface area contributed by atoms with Gasteiger partial charge in [0.15, 0.2) is 5.78 Å². The zero-order valence-corrected chi connectivity index (χ0v) is 9.56. The first-order valence-electron chi connectivity index (χ1n) is 4.85. The van der Waals surface area contributed by atoms with Crippen molar-refractivity contribution in [2.24, 2.45) is 4.99 Å². The molecule has 0 aliphatic carbocycles. The van der Waals surface area contributed by atoms with Crippen LogP contribution in [0, 0.1) is 0 Å². The molecule has 0 amide bonds. The van der Waals surface area contributed by atoms with Crippen molar-refractivity contribution < 1.29 is 4.79 Å². The van der Waals surface area contributed by atoms with Crippen LogP contribution >= 0.6 is 0 Å². The number of carbonyl (C=O) groups excluding carboxylic acids is 1. The molecule has 1 aliphatic heterocycles. The molecule has 0 aromatic heterocycles. The second-order valence-electron chi connectivity index (χ2n) is 3.95. The van der Waals surface area contributed by atoms with Crippen molar-refractivity contribution in [2.75, 3.05) is 6.54 Å². The highest BCUT2D eigenvalue weighted by Crippen LogP contribution is 2.22. The van der Waals surface area contributed by atoms with Crippen LogP contribution in [0.2, 0.25) is 0 Å². The van der Waals surface area contributed by atoms with Gasteiger partial charge < -0.3 is 0 Å². The molecule has 0 bridgehead atoms. The van der Waals surface area contributed by atoms with Crippen LogP contribution in [-0.2, 0) is 4.79 Å². The lowest BCUT2D eigenvalue weighted by Crippen LogP contribution is -2.07. The quantitative estimate of drug-likeness (QED) is 0.586. The molecule has 0 aromatic rings. The molecule has 14 heavy (non-hydrogen) atoms. The fourth-order valence-corrected chi connectivity index (χ4v) is 1.59. The first-order chi connectivity index (χ1) is 6.45. The lowest BCUT2D eigenvalue weighted by Gasteiger charge is -2.08. The van der Waals surface area contributed by atoms with E-state index in [1.165, 1.54) is 11.1 Å². The molecule has 1 heterocycles. The summed E-state index contributed by atoms with van der Waals surface area (Å²) < 4.78 is 0. The number of nitrogens with zero attached hydrogens (tertiary/aromatic N) is 1. The molecule has 76 valence electrons. The predicted octanol–water partition coefficient (Wildman–Crippen LogP) is 2.70. The van der Waals surface area contributed by atoms with Gasteiger partial charge in [-0.3, -0.25) is 9.79 Å². The summed E-state index contributed by atoms with van der Waals surface area (Å²) in [6.45, 7) is 10.4. The maximum absolute atomic E-state index is 11.6. The molecule has 0 fully saturated rings. The number of aliphatic imine (C=N–C) groups is 1. The molecule has 2 heteroatoms. The Hall–Kier alpha value is -1.18. The van der Waals surface area contributed by atoms with Gasteiger partial charge >= 0.3 is 0 Å². The third-order valence-electron chi connectivity index (χ3n) is 2.79. The molecule has 0 spiro atoms. The van der Waals surface area contributed by atoms with Crippen molar-refractivity contribution in [3.63, 3.8) is 0 Å². The van der Waals surface area contributed by atoms with Crippen LogP contribution in [0.5, 0.6) is 0 Å².